The number of nitrogens with one attached hydrogen (secondary N) is 1. The highest BCUT2D eigenvalue weighted by atomic mass is 16.5. The van der Waals surface area contributed by atoms with Crippen molar-refractivity contribution in [2.75, 3.05) is 49.7 Å². The third-order valence-electron chi connectivity index (χ3n) is 6.58. The van der Waals surface area contributed by atoms with Gasteiger partial charge in [0, 0.05) is 25.2 Å². The molecule has 0 saturated carbocycles. The molecule has 2 fully saturated rings. The average Bonchev–Trinajstić information content (AvgIpc) is 3.11. The highest BCUT2D eigenvalue weighted by molar-refractivity contribution is 6.10. The number of hydrogen-bond acceptors (Lipinski definition) is 7. The first-order chi connectivity index (χ1) is 16.5. The molecule has 9 nitrogen and oxygen atoms in total. The summed E-state index contributed by atoms with van der Waals surface area (Å²) in [5, 5.41) is 2.87. The molecule has 1 N–H and O–H groups in total. The van der Waals surface area contributed by atoms with Crippen molar-refractivity contribution in [3.8, 4) is 11.5 Å². The molecule has 2 aliphatic heterocycles. The Bertz CT molecular complexity index is 946. The standard InChI is InChI=1S/C25H33N3O6/c1-4-33-21-15-20(27-10-12-32-13-11-27)22(34-5-2)14-19(21)26-23(29)16(3)28-24(30)17-8-6-7-9-18(17)25(28)31/h6-7,14-18H,4-5,8-13H2,1-3H3,(H,26,29)/t16-,17-,18+/m0/s1. The molecular weight excluding hydrogens is 438 g/mol. The molecule has 9 heteroatoms. The Labute approximate surface area is 200 Å². The average molecular weight is 472 g/mol. The summed E-state index contributed by atoms with van der Waals surface area (Å²) < 4.78 is 17.2. The van der Waals surface area contributed by atoms with Crippen LogP contribution in [0.15, 0.2) is 24.3 Å². The van der Waals surface area contributed by atoms with E-state index in [1.54, 1.807) is 13.0 Å². The molecule has 1 aromatic rings. The minimum atomic E-state index is -0.936. The highest BCUT2D eigenvalue weighted by Gasteiger charge is 2.50. The predicted molar refractivity (Wildman–Crippen MR) is 127 cm³/mol. The van der Waals surface area contributed by atoms with Gasteiger partial charge in [-0.1, -0.05) is 12.2 Å². The van der Waals surface area contributed by atoms with Crippen LogP contribution in [-0.2, 0) is 19.1 Å². The third-order valence-corrected chi connectivity index (χ3v) is 6.58. The Balaban J connectivity index is 1.58. The highest BCUT2D eigenvalue weighted by Crippen LogP contribution is 2.40. The molecule has 3 aliphatic rings. The normalized spacial score (nSPS) is 23.0. The van der Waals surface area contributed by atoms with Gasteiger partial charge >= 0.3 is 0 Å². The molecule has 3 amide bonds. The van der Waals surface area contributed by atoms with Crippen molar-refractivity contribution < 1.29 is 28.6 Å². The number of rotatable bonds is 8. The number of benzene rings is 1. The van der Waals surface area contributed by atoms with Crippen molar-refractivity contribution in [3.05, 3.63) is 24.3 Å². The molecule has 2 heterocycles. The maximum absolute atomic E-state index is 13.2. The largest absolute Gasteiger partial charge is 0.492 e. The van der Waals surface area contributed by atoms with Crippen molar-refractivity contribution in [2.24, 2.45) is 11.8 Å². The van der Waals surface area contributed by atoms with Crippen LogP contribution >= 0.6 is 0 Å². The van der Waals surface area contributed by atoms with E-state index in [0.29, 0.717) is 56.5 Å². The molecule has 3 atom stereocenters. The van der Waals surface area contributed by atoms with Gasteiger partial charge in [-0.05, 0) is 33.6 Å². The van der Waals surface area contributed by atoms with E-state index in [1.165, 1.54) is 0 Å². The Morgan fingerprint density at radius 3 is 2.21 bits per heavy atom. The summed E-state index contributed by atoms with van der Waals surface area (Å²) in [4.78, 5) is 42.3. The molecule has 1 aromatic carbocycles. The fourth-order valence-electron chi connectivity index (χ4n) is 4.81. The number of imide groups is 1. The number of amides is 3. The number of fused-ring (bicyclic) bond motifs is 1. The van der Waals surface area contributed by atoms with E-state index in [0.717, 1.165) is 23.7 Å². The lowest BCUT2D eigenvalue weighted by molar-refractivity contribution is -0.146. The summed E-state index contributed by atoms with van der Waals surface area (Å²) >= 11 is 0. The Morgan fingerprint density at radius 2 is 1.62 bits per heavy atom. The summed E-state index contributed by atoms with van der Waals surface area (Å²) in [5.74, 6) is -0.607. The van der Waals surface area contributed by atoms with E-state index in [1.807, 2.05) is 32.1 Å². The zero-order valence-electron chi connectivity index (χ0n) is 20.0. The summed E-state index contributed by atoms with van der Waals surface area (Å²) in [6, 6.07) is 2.68. The topological polar surface area (TPSA) is 97.4 Å². The van der Waals surface area contributed by atoms with Crippen molar-refractivity contribution in [1.82, 2.24) is 4.90 Å². The van der Waals surface area contributed by atoms with Crippen LogP contribution in [0, 0.1) is 11.8 Å². The molecule has 0 bridgehead atoms. The van der Waals surface area contributed by atoms with Crippen LogP contribution in [0.25, 0.3) is 0 Å². The summed E-state index contributed by atoms with van der Waals surface area (Å²) in [6.07, 6.45) is 4.94. The van der Waals surface area contributed by atoms with E-state index in [4.69, 9.17) is 14.2 Å². The van der Waals surface area contributed by atoms with E-state index in [2.05, 4.69) is 10.2 Å². The van der Waals surface area contributed by atoms with Crippen LogP contribution < -0.4 is 19.7 Å². The summed E-state index contributed by atoms with van der Waals surface area (Å²) in [6.45, 7) is 8.94. The summed E-state index contributed by atoms with van der Waals surface area (Å²) in [5.41, 5.74) is 1.32. The van der Waals surface area contributed by atoms with Crippen molar-refractivity contribution >= 4 is 29.1 Å². The van der Waals surface area contributed by atoms with Crippen molar-refractivity contribution in [3.63, 3.8) is 0 Å². The van der Waals surface area contributed by atoms with Gasteiger partial charge in [-0.2, -0.15) is 0 Å². The van der Waals surface area contributed by atoms with Crippen LogP contribution in [0.1, 0.15) is 33.6 Å². The minimum Gasteiger partial charge on any atom is -0.492 e. The SMILES string of the molecule is CCOc1cc(N2CCOCC2)c(OCC)cc1NC(=O)[C@H](C)N1C(=O)[C@H]2CC=CC[C@H]2C1=O. The fraction of sp³-hybridized carbons (Fsp3) is 0.560. The van der Waals surface area contributed by atoms with E-state index < -0.39 is 11.9 Å². The Hall–Kier alpha value is -3.07. The lowest BCUT2D eigenvalue weighted by Gasteiger charge is -2.31. The lowest BCUT2D eigenvalue weighted by Crippen LogP contribution is -2.46. The number of morpholine rings is 1. The van der Waals surface area contributed by atoms with Crippen molar-refractivity contribution in [1.29, 1.82) is 0 Å². The quantitative estimate of drug-likeness (QED) is 0.460. The van der Waals surface area contributed by atoms with Gasteiger partial charge in [0.15, 0.2) is 0 Å². The molecule has 0 radical (unpaired) electrons. The van der Waals surface area contributed by atoms with Gasteiger partial charge in [0.05, 0.1) is 49.6 Å². The molecule has 1 aliphatic carbocycles. The van der Waals surface area contributed by atoms with Gasteiger partial charge < -0.3 is 24.4 Å². The number of carbonyl (C=O) groups is 3. The molecular formula is C25H33N3O6. The number of nitrogens with zero attached hydrogens (tertiary/aromatic N) is 2. The zero-order chi connectivity index (χ0) is 24.2. The van der Waals surface area contributed by atoms with E-state index in [9.17, 15) is 14.4 Å². The van der Waals surface area contributed by atoms with E-state index in [-0.39, 0.29) is 23.7 Å². The van der Waals surface area contributed by atoms with Crippen LogP contribution in [0.5, 0.6) is 11.5 Å². The second-order valence-electron chi connectivity index (χ2n) is 8.65. The van der Waals surface area contributed by atoms with Gasteiger partial charge in [0.25, 0.3) is 0 Å². The monoisotopic (exact) mass is 471 g/mol. The van der Waals surface area contributed by atoms with Crippen LogP contribution in [0.4, 0.5) is 11.4 Å². The molecule has 0 spiro atoms. The van der Waals surface area contributed by atoms with E-state index >= 15 is 0 Å². The Kier molecular flexibility index (Phi) is 7.41. The number of likely N-dealkylation sites (tertiary alicyclic amines) is 1. The smallest absolute Gasteiger partial charge is 0.247 e. The molecule has 0 unspecified atom stereocenters. The van der Waals surface area contributed by atoms with Gasteiger partial charge in [0.2, 0.25) is 17.7 Å². The van der Waals surface area contributed by atoms with Gasteiger partial charge in [-0.25, -0.2) is 0 Å². The molecule has 184 valence electrons. The number of ether oxygens (including phenoxy) is 3. The number of allylic oxidation sites excluding steroid dienone is 2. The predicted octanol–water partition coefficient (Wildman–Crippen LogP) is 2.60. The first-order valence-corrected chi connectivity index (χ1v) is 12.0. The van der Waals surface area contributed by atoms with Gasteiger partial charge in [-0.3, -0.25) is 19.3 Å². The fourth-order valence-corrected chi connectivity index (χ4v) is 4.81. The molecule has 2 saturated heterocycles. The second-order valence-corrected chi connectivity index (χ2v) is 8.65. The third kappa shape index (κ3) is 4.61. The first kappa shape index (κ1) is 24.1. The van der Waals surface area contributed by atoms with Gasteiger partial charge in [-0.15, -0.1) is 0 Å². The maximum atomic E-state index is 13.2. The van der Waals surface area contributed by atoms with Crippen molar-refractivity contribution in [2.45, 2.75) is 39.7 Å². The first-order valence-electron chi connectivity index (χ1n) is 12.0. The second kappa shape index (κ2) is 10.5. The van der Waals surface area contributed by atoms with Crippen LogP contribution in [0.3, 0.4) is 0 Å². The molecule has 0 aromatic heterocycles. The molecule has 34 heavy (non-hydrogen) atoms. The maximum Gasteiger partial charge on any atom is 0.247 e. The lowest BCUT2D eigenvalue weighted by atomic mass is 9.85. The summed E-state index contributed by atoms with van der Waals surface area (Å²) in [7, 11) is 0. The number of carbonyl (C=O) groups excluding carboxylic acids is 3. The number of anilines is 2. The minimum absolute atomic E-state index is 0.273. The molecule has 4 rings (SSSR count). The zero-order valence-corrected chi connectivity index (χ0v) is 20.0. The Morgan fingerprint density at radius 1 is 1.03 bits per heavy atom. The van der Waals surface area contributed by atoms with Crippen LogP contribution in [-0.4, -0.2) is 68.2 Å². The van der Waals surface area contributed by atoms with Gasteiger partial charge in [0.1, 0.15) is 17.5 Å². The number of hydrogen-bond donors (Lipinski definition) is 1. The van der Waals surface area contributed by atoms with Crippen LogP contribution in [0.2, 0.25) is 0 Å².